The van der Waals surface area contributed by atoms with E-state index in [2.05, 4.69) is 26.3 Å². The summed E-state index contributed by atoms with van der Waals surface area (Å²) in [6.07, 6.45) is 2.92. The molecule has 0 saturated carbocycles. The van der Waals surface area contributed by atoms with Crippen molar-refractivity contribution in [3.63, 3.8) is 0 Å². The van der Waals surface area contributed by atoms with Gasteiger partial charge in [-0.25, -0.2) is 9.97 Å². The molecule has 0 spiro atoms. The van der Waals surface area contributed by atoms with Crippen molar-refractivity contribution < 1.29 is 4.74 Å². The van der Waals surface area contributed by atoms with E-state index in [0.717, 1.165) is 11.1 Å². The van der Waals surface area contributed by atoms with Crippen molar-refractivity contribution in [1.82, 2.24) is 15.0 Å². The van der Waals surface area contributed by atoms with Gasteiger partial charge in [-0.2, -0.15) is 4.98 Å². The molecule has 0 fully saturated rings. The second kappa shape index (κ2) is 6.72. The summed E-state index contributed by atoms with van der Waals surface area (Å²) in [7, 11) is 0. The highest BCUT2D eigenvalue weighted by molar-refractivity contribution is 6.30. The number of hydrogen-bond acceptors (Lipinski definition) is 6. The summed E-state index contributed by atoms with van der Waals surface area (Å²) in [6.45, 7) is 4.00. The van der Waals surface area contributed by atoms with Crippen LogP contribution in [0.2, 0.25) is 5.02 Å². The first-order valence-electron chi connectivity index (χ1n) is 7.26. The molecule has 2 heterocycles. The molecular weight excluding hydrogens is 326 g/mol. The van der Waals surface area contributed by atoms with Gasteiger partial charge in [-0.1, -0.05) is 17.7 Å². The van der Waals surface area contributed by atoms with Crippen molar-refractivity contribution in [3.05, 3.63) is 59.0 Å². The zero-order chi connectivity index (χ0) is 17.1. The van der Waals surface area contributed by atoms with Gasteiger partial charge in [-0.3, -0.25) is 0 Å². The summed E-state index contributed by atoms with van der Waals surface area (Å²) >= 11 is 5.83. The van der Waals surface area contributed by atoms with E-state index in [1.807, 2.05) is 26.0 Å². The van der Waals surface area contributed by atoms with E-state index >= 15 is 0 Å². The molecule has 24 heavy (non-hydrogen) atoms. The van der Waals surface area contributed by atoms with Crippen molar-refractivity contribution in [2.24, 2.45) is 0 Å². The van der Waals surface area contributed by atoms with E-state index in [9.17, 15) is 0 Å². The van der Waals surface area contributed by atoms with Crippen molar-refractivity contribution in [3.8, 4) is 11.6 Å². The quantitative estimate of drug-likeness (QED) is 0.737. The number of nitrogen functional groups attached to an aromatic ring is 1. The number of nitrogens with two attached hydrogens (primary N) is 1. The number of anilines is 3. The Morgan fingerprint density at radius 2 is 1.79 bits per heavy atom. The topological polar surface area (TPSA) is 86.0 Å². The Labute approximate surface area is 144 Å². The molecule has 7 heteroatoms. The van der Waals surface area contributed by atoms with E-state index in [4.69, 9.17) is 22.1 Å². The van der Waals surface area contributed by atoms with Gasteiger partial charge in [-0.05, 0) is 49.2 Å². The normalized spacial score (nSPS) is 10.5. The molecule has 0 saturated heterocycles. The zero-order valence-electron chi connectivity index (χ0n) is 13.2. The average Bonchev–Trinajstić information content (AvgIpc) is 2.52. The summed E-state index contributed by atoms with van der Waals surface area (Å²) in [6, 6.07) is 9.36. The van der Waals surface area contributed by atoms with Gasteiger partial charge < -0.3 is 15.8 Å². The van der Waals surface area contributed by atoms with Crippen LogP contribution in [0.5, 0.6) is 11.6 Å². The van der Waals surface area contributed by atoms with Gasteiger partial charge in [0.1, 0.15) is 23.6 Å². The number of aryl methyl sites for hydroxylation is 2. The Bertz CT molecular complexity index is 847. The van der Waals surface area contributed by atoms with Crippen LogP contribution < -0.4 is 15.8 Å². The molecule has 0 aliphatic heterocycles. The SMILES string of the molecule is Cc1cc(C)cc(Oc2ncnc(Nc3ccc(Cl)cn3)c2N)c1. The van der Waals surface area contributed by atoms with Crippen LogP contribution in [0.1, 0.15) is 11.1 Å². The van der Waals surface area contributed by atoms with Crippen LogP contribution >= 0.6 is 11.6 Å². The lowest BCUT2D eigenvalue weighted by molar-refractivity contribution is 0.464. The molecule has 3 aromatic rings. The Balaban J connectivity index is 1.86. The van der Waals surface area contributed by atoms with Gasteiger partial charge in [0, 0.05) is 6.20 Å². The van der Waals surface area contributed by atoms with E-state index in [1.54, 1.807) is 12.1 Å². The molecule has 0 atom stereocenters. The number of benzene rings is 1. The van der Waals surface area contributed by atoms with Crippen LogP contribution in [0.15, 0.2) is 42.9 Å². The molecule has 0 aliphatic rings. The third kappa shape index (κ3) is 3.72. The van der Waals surface area contributed by atoms with Crippen molar-refractivity contribution in [2.75, 3.05) is 11.1 Å². The smallest absolute Gasteiger partial charge is 0.248 e. The molecule has 2 aromatic heterocycles. The van der Waals surface area contributed by atoms with Gasteiger partial charge in [0.15, 0.2) is 5.82 Å². The molecule has 0 radical (unpaired) electrons. The first-order valence-corrected chi connectivity index (χ1v) is 7.64. The number of pyridine rings is 1. The number of hydrogen-bond donors (Lipinski definition) is 2. The molecule has 0 bridgehead atoms. The van der Waals surface area contributed by atoms with Gasteiger partial charge in [0.25, 0.3) is 0 Å². The Morgan fingerprint density at radius 1 is 1.04 bits per heavy atom. The number of aromatic nitrogens is 3. The molecule has 0 unspecified atom stereocenters. The first-order chi connectivity index (χ1) is 11.5. The number of nitrogens with zero attached hydrogens (tertiary/aromatic N) is 3. The molecule has 0 amide bonds. The molecule has 122 valence electrons. The van der Waals surface area contributed by atoms with E-state index < -0.39 is 0 Å². The second-order valence-electron chi connectivity index (χ2n) is 5.35. The highest BCUT2D eigenvalue weighted by Gasteiger charge is 2.11. The third-order valence-corrected chi connectivity index (χ3v) is 3.45. The van der Waals surface area contributed by atoms with E-state index in [0.29, 0.717) is 28.1 Å². The largest absolute Gasteiger partial charge is 0.437 e. The predicted octanol–water partition coefficient (Wildman–Crippen LogP) is 4.26. The fourth-order valence-corrected chi connectivity index (χ4v) is 2.35. The lowest BCUT2D eigenvalue weighted by Crippen LogP contribution is -2.04. The predicted molar refractivity (Wildman–Crippen MR) is 95.0 cm³/mol. The van der Waals surface area contributed by atoms with Gasteiger partial charge in [0.2, 0.25) is 5.88 Å². The number of ether oxygens (including phenoxy) is 1. The highest BCUT2D eigenvalue weighted by atomic mass is 35.5. The maximum atomic E-state index is 6.12. The fraction of sp³-hybridized carbons (Fsp3) is 0.118. The van der Waals surface area contributed by atoms with Crippen LogP contribution in [0, 0.1) is 13.8 Å². The number of rotatable bonds is 4. The van der Waals surface area contributed by atoms with Gasteiger partial charge in [0.05, 0.1) is 5.02 Å². The van der Waals surface area contributed by atoms with Crippen LogP contribution in [-0.2, 0) is 0 Å². The summed E-state index contributed by atoms with van der Waals surface area (Å²) < 4.78 is 5.81. The lowest BCUT2D eigenvalue weighted by Gasteiger charge is -2.12. The Kier molecular flexibility index (Phi) is 4.48. The minimum Gasteiger partial charge on any atom is -0.437 e. The molecule has 3 rings (SSSR count). The number of nitrogens with one attached hydrogen (secondary N) is 1. The van der Waals surface area contributed by atoms with Crippen LogP contribution in [0.4, 0.5) is 17.3 Å². The lowest BCUT2D eigenvalue weighted by atomic mass is 10.1. The molecule has 3 N–H and O–H groups in total. The van der Waals surface area contributed by atoms with Crippen LogP contribution in [0.25, 0.3) is 0 Å². The molecule has 1 aromatic carbocycles. The maximum absolute atomic E-state index is 6.12. The number of halogens is 1. The zero-order valence-corrected chi connectivity index (χ0v) is 14.0. The van der Waals surface area contributed by atoms with Crippen molar-refractivity contribution >= 4 is 28.9 Å². The summed E-state index contributed by atoms with van der Waals surface area (Å²) in [5, 5.41) is 3.57. The van der Waals surface area contributed by atoms with Crippen molar-refractivity contribution in [2.45, 2.75) is 13.8 Å². The Hall–Kier alpha value is -2.86. The van der Waals surface area contributed by atoms with E-state index in [1.165, 1.54) is 12.5 Å². The van der Waals surface area contributed by atoms with E-state index in [-0.39, 0.29) is 5.88 Å². The van der Waals surface area contributed by atoms with Gasteiger partial charge >= 0.3 is 0 Å². The minimum atomic E-state index is 0.284. The second-order valence-corrected chi connectivity index (χ2v) is 5.79. The standard InChI is InChI=1S/C17H16ClN5O/c1-10-5-11(2)7-13(6-10)24-17-15(19)16(21-9-22-17)23-14-4-3-12(18)8-20-14/h3-9H,19H2,1-2H3,(H,20,21,22,23). The maximum Gasteiger partial charge on any atom is 0.248 e. The Morgan fingerprint density at radius 3 is 2.46 bits per heavy atom. The summed E-state index contributed by atoms with van der Waals surface area (Å²) in [5.74, 6) is 1.95. The highest BCUT2D eigenvalue weighted by Crippen LogP contribution is 2.31. The summed E-state index contributed by atoms with van der Waals surface area (Å²) in [4.78, 5) is 12.4. The van der Waals surface area contributed by atoms with Gasteiger partial charge in [-0.15, -0.1) is 0 Å². The average molecular weight is 342 g/mol. The monoisotopic (exact) mass is 341 g/mol. The van der Waals surface area contributed by atoms with Crippen LogP contribution in [-0.4, -0.2) is 15.0 Å². The van der Waals surface area contributed by atoms with Crippen LogP contribution in [0.3, 0.4) is 0 Å². The first kappa shape index (κ1) is 16.0. The minimum absolute atomic E-state index is 0.284. The van der Waals surface area contributed by atoms with Crippen molar-refractivity contribution in [1.29, 1.82) is 0 Å². The molecule has 0 aliphatic carbocycles. The fourth-order valence-electron chi connectivity index (χ4n) is 2.23. The third-order valence-electron chi connectivity index (χ3n) is 3.23. The summed E-state index contributed by atoms with van der Waals surface area (Å²) in [5.41, 5.74) is 8.62. The molecular formula is C17H16ClN5O. The molecule has 6 nitrogen and oxygen atoms in total.